The van der Waals surface area contributed by atoms with Crippen molar-refractivity contribution in [3.8, 4) is 11.3 Å². The molecule has 36 heavy (non-hydrogen) atoms. The van der Waals surface area contributed by atoms with E-state index in [4.69, 9.17) is 4.98 Å². The zero-order valence-corrected chi connectivity index (χ0v) is 20.1. The van der Waals surface area contributed by atoms with Crippen molar-refractivity contribution in [1.29, 1.82) is 0 Å². The highest BCUT2D eigenvalue weighted by Gasteiger charge is 2.16. The molecule has 4 aromatic carbocycles. The maximum absolute atomic E-state index is 13.5. The van der Waals surface area contributed by atoms with E-state index in [1.165, 1.54) is 0 Å². The Morgan fingerprint density at radius 2 is 1.33 bits per heavy atom. The van der Waals surface area contributed by atoms with Crippen LogP contribution in [0.25, 0.3) is 22.2 Å². The number of aryl methyl sites for hydroxylation is 2. The standard InChI is InChI=1S/C31H25N3O2/c1-20-11-14-22(15-12-20)29-19-27(26-17-21(2)13-16-28(26)34-29)31(36)33-25-10-6-7-23(18-25)30(35)32-24-8-4-3-5-9-24/h3-19H,1-2H3,(H,32,35)(H,33,36). The number of anilines is 2. The Morgan fingerprint density at radius 3 is 2.11 bits per heavy atom. The van der Waals surface area contributed by atoms with Crippen LogP contribution in [0, 0.1) is 13.8 Å². The van der Waals surface area contributed by atoms with Gasteiger partial charge in [-0.25, -0.2) is 4.98 Å². The van der Waals surface area contributed by atoms with Crippen molar-refractivity contribution >= 4 is 34.1 Å². The SMILES string of the molecule is Cc1ccc(-c2cc(C(=O)Nc3cccc(C(=O)Nc4ccccc4)c3)c3cc(C)ccc3n2)cc1. The summed E-state index contributed by atoms with van der Waals surface area (Å²) in [6.07, 6.45) is 0. The molecule has 0 saturated carbocycles. The Balaban J connectivity index is 1.46. The van der Waals surface area contributed by atoms with Crippen LogP contribution in [0.1, 0.15) is 31.8 Å². The Hall–Kier alpha value is -4.77. The van der Waals surface area contributed by atoms with Crippen LogP contribution in [0.3, 0.4) is 0 Å². The number of pyridine rings is 1. The fourth-order valence-electron chi connectivity index (χ4n) is 4.06. The lowest BCUT2D eigenvalue weighted by molar-refractivity contribution is 0.101. The topological polar surface area (TPSA) is 71.1 Å². The molecule has 0 bridgehead atoms. The number of nitrogens with zero attached hydrogens (tertiary/aromatic N) is 1. The van der Waals surface area contributed by atoms with E-state index in [2.05, 4.69) is 10.6 Å². The van der Waals surface area contributed by atoms with Crippen molar-refractivity contribution in [2.24, 2.45) is 0 Å². The van der Waals surface area contributed by atoms with E-state index in [0.717, 1.165) is 33.3 Å². The van der Waals surface area contributed by atoms with Crippen LogP contribution < -0.4 is 10.6 Å². The average molecular weight is 472 g/mol. The lowest BCUT2D eigenvalue weighted by Crippen LogP contribution is -2.15. The number of carbonyl (C=O) groups excluding carboxylic acids is 2. The van der Waals surface area contributed by atoms with E-state index in [9.17, 15) is 9.59 Å². The highest BCUT2D eigenvalue weighted by atomic mass is 16.2. The van der Waals surface area contributed by atoms with E-state index in [1.807, 2.05) is 92.7 Å². The number of fused-ring (bicyclic) bond motifs is 1. The third-order valence-corrected chi connectivity index (χ3v) is 5.97. The summed E-state index contributed by atoms with van der Waals surface area (Å²) >= 11 is 0. The fraction of sp³-hybridized carbons (Fsp3) is 0.0645. The van der Waals surface area contributed by atoms with E-state index >= 15 is 0 Å². The first kappa shape index (κ1) is 23.0. The Labute approximate surface area is 209 Å². The molecule has 0 atom stereocenters. The molecule has 5 nitrogen and oxygen atoms in total. The van der Waals surface area contributed by atoms with Gasteiger partial charge in [0.1, 0.15) is 0 Å². The number of nitrogens with one attached hydrogen (secondary N) is 2. The van der Waals surface area contributed by atoms with E-state index in [1.54, 1.807) is 24.3 Å². The summed E-state index contributed by atoms with van der Waals surface area (Å²) in [5.74, 6) is -0.508. The predicted molar refractivity (Wildman–Crippen MR) is 145 cm³/mol. The summed E-state index contributed by atoms with van der Waals surface area (Å²) in [6.45, 7) is 4.03. The lowest BCUT2D eigenvalue weighted by Gasteiger charge is -2.12. The quantitative estimate of drug-likeness (QED) is 0.289. The second kappa shape index (κ2) is 9.84. The maximum atomic E-state index is 13.5. The van der Waals surface area contributed by atoms with Crippen molar-refractivity contribution in [3.05, 3.63) is 125 Å². The van der Waals surface area contributed by atoms with E-state index in [-0.39, 0.29) is 11.8 Å². The number of rotatable bonds is 5. The van der Waals surface area contributed by atoms with Gasteiger partial charge in [0.2, 0.25) is 0 Å². The van der Waals surface area contributed by atoms with Crippen LogP contribution in [0.4, 0.5) is 11.4 Å². The highest BCUT2D eigenvalue weighted by molar-refractivity contribution is 6.13. The smallest absolute Gasteiger partial charge is 0.256 e. The van der Waals surface area contributed by atoms with Gasteiger partial charge in [0.25, 0.3) is 11.8 Å². The molecular weight excluding hydrogens is 446 g/mol. The number of carbonyl (C=O) groups is 2. The van der Waals surface area contributed by atoms with Crippen LogP contribution in [0.15, 0.2) is 103 Å². The number of hydrogen-bond donors (Lipinski definition) is 2. The molecule has 0 spiro atoms. The molecule has 1 heterocycles. The molecule has 0 unspecified atom stereocenters. The van der Waals surface area contributed by atoms with Crippen LogP contribution in [0.2, 0.25) is 0 Å². The number of benzene rings is 4. The minimum absolute atomic E-state index is 0.246. The lowest BCUT2D eigenvalue weighted by atomic mass is 10.0. The van der Waals surface area contributed by atoms with Crippen LogP contribution in [0.5, 0.6) is 0 Å². The summed E-state index contributed by atoms with van der Waals surface area (Å²) in [5.41, 5.74) is 6.84. The van der Waals surface area contributed by atoms with Gasteiger partial charge in [-0.3, -0.25) is 9.59 Å². The third kappa shape index (κ3) is 5.00. The minimum Gasteiger partial charge on any atom is -0.322 e. The van der Waals surface area contributed by atoms with Crippen molar-refractivity contribution in [2.75, 3.05) is 10.6 Å². The minimum atomic E-state index is -0.262. The normalized spacial score (nSPS) is 10.7. The molecule has 2 amide bonds. The van der Waals surface area contributed by atoms with Gasteiger partial charge >= 0.3 is 0 Å². The van der Waals surface area contributed by atoms with Gasteiger partial charge in [-0.2, -0.15) is 0 Å². The van der Waals surface area contributed by atoms with Gasteiger partial charge in [-0.1, -0.05) is 65.7 Å². The second-order valence-electron chi connectivity index (χ2n) is 8.80. The molecule has 0 aliphatic heterocycles. The Morgan fingerprint density at radius 1 is 0.639 bits per heavy atom. The summed E-state index contributed by atoms with van der Waals surface area (Å²) in [7, 11) is 0. The fourth-order valence-corrected chi connectivity index (χ4v) is 4.06. The van der Waals surface area contributed by atoms with Gasteiger partial charge in [0.15, 0.2) is 0 Å². The summed E-state index contributed by atoms with van der Waals surface area (Å²) in [5, 5.41) is 6.62. The van der Waals surface area contributed by atoms with E-state index < -0.39 is 0 Å². The van der Waals surface area contributed by atoms with Crippen LogP contribution in [-0.2, 0) is 0 Å². The molecule has 5 rings (SSSR count). The third-order valence-electron chi connectivity index (χ3n) is 5.97. The molecule has 0 aliphatic carbocycles. The molecule has 0 fully saturated rings. The molecule has 1 aromatic heterocycles. The summed E-state index contributed by atoms with van der Waals surface area (Å²) in [4.78, 5) is 31.0. The van der Waals surface area contributed by atoms with Gasteiger partial charge in [-0.15, -0.1) is 0 Å². The maximum Gasteiger partial charge on any atom is 0.256 e. The first-order chi connectivity index (χ1) is 17.5. The number of hydrogen-bond acceptors (Lipinski definition) is 3. The zero-order chi connectivity index (χ0) is 25.1. The van der Waals surface area contributed by atoms with Crippen molar-refractivity contribution in [2.45, 2.75) is 13.8 Å². The van der Waals surface area contributed by atoms with Crippen molar-refractivity contribution in [1.82, 2.24) is 4.98 Å². The van der Waals surface area contributed by atoms with Gasteiger partial charge in [-0.05, 0) is 62.4 Å². The molecule has 0 saturated heterocycles. The van der Waals surface area contributed by atoms with Crippen LogP contribution >= 0.6 is 0 Å². The van der Waals surface area contributed by atoms with E-state index in [0.29, 0.717) is 22.5 Å². The van der Waals surface area contributed by atoms with Gasteiger partial charge in [0, 0.05) is 27.9 Å². The molecule has 176 valence electrons. The van der Waals surface area contributed by atoms with Crippen molar-refractivity contribution < 1.29 is 9.59 Å². The molecular formula is C31H25N3O2. The molecule has 5 heteroatoms. The monoisotopic (exact) mass is 471 g/mol. The number of amides is 2. The zero-order valence-electron chi connectivity index (χ0n) is 20.1. The number of aromatic nitrogens is 1. The summed E-state index contributed by atoms with van der Waals surface area (Å²) in [6, 6.07) is 32.0. The van der Waals surface area contributed by atoms with Crippen LogP contribution in [-0.4, -0.2) is 16.8 Å². The first-order valence-corrected chi connectivity index (χ1v) is 11.7. The Kier molecular flexibility index (Phi) is 6.29. The molecule has 0 radical (unpaired) electrons. The summed E-state index contributed by atoms with van der Waals surface area (Å²) < 4.78 is 0. The average Bonchev–Trinajstić information content (AvgIpc) is 2.89. The molecule has 2 N–H and O–H groups in total. The molecule has 5 aromatic rings. The van der Waals surface area contributed by atoms with Crippen molar-refractivity contribution in [3.63, 3.8) is 0 Å². The first-order valence-electron chi connectivity index (χ1n) is 11.7. The largest absolute Gasteiger partial charge is 0.322 e. The Bertz CT molecular complexity index is 1580. The highest BCUT2D eigenvalue weighted by Crippen LogP contribution is 2.27. The van der Waals surface area contributed by atoms with Gasteiger partial charge in [0.05, 0.1) is 16.8 Å². The number of para-hydroxylation sites is 1. The predicted octanol–water partition coefficient (Wildman–Crippen LogP) is 7.02. The van der Waals surface area contributed by atoms with Gasteiger partial charge < -0.3 is 10.6 Å². The molecule has 0 aliphatic rings. The second-order valence-corrected chi connectivity index (χ2v) is 8.80.